The molecule has 6 heteroatoms. The topological polar surface area (TPSA) is 50.2 Å². The summed E-state index contributed by atoms with van der Waals surface area (Å²) in [6, 6.07) is 0. The average Bonchev–Trinajstić information content (AvgIpc) is 2.45. The molecule has 0 radical (unpaired) electrons. The molecule has 0 atom stereocenters. The SMILES string of the molecule is CCn1ncc(NCCN2CCCCC2)c(Cl)c1=O. The summed E-state index contributed by atoms with van der Waals surface area (Å²) in [5.41, 5.74) is 0.403. The highest BCUT2D eigenvalue weighted by Gasteiger charge is 2.11. The Kier molecular flexibility index (Phi) is 5.22. The Morgan fingerprint density at radius 3 is 2.79 bits per heavy atom. The second kappa shape index (κ2) is 6.91. The molecule has 0 saturated carbocycles. The summed E-state index contributed by atoms with van der Waals surface area (Å²) in [6.07, 6.45) is 5.54. The third kappa shape index (κ3) is 3.70. The molecule has 0 unspecified atom stereocenters. The highest BCUT2D eigenvalue weighted by molar-refractivity contribution is 6.32. The number of likely N-dealkylation sites (tertiary alicyclic amines) is 1. The van der Waals surface area contributed by atoms with Gasteiger partial charge in [0.15, 0.2) is 0 Å². The Bertz CT molecular complexity index is 468. The quantitative estimate of drug-likeness (QED) is 0.896. The summed E-state index contributed by atoms with van der Waals surface area (Å²) >= 11 is 6.05. The predicted molar refractivity (Wildman–Crippen MR) is 78.0 cm³/mol. The minimum Gasteiger partial charge on any atom is -0.381 e. The van der Waals surface area contributed by atoms with E-state index >= 15 is 0 Å². The van der Waals surface area contributed by atoms with E-state index in [0.717, 1.165) is 13.1 Å². The van der Waals surface area contributed by atoms with Crippen LogP contribution < -0.4 is 10.9 Å². The van der Waals surface area contributed by atoms with Gasteiger partial charge >= 0.3 is 0 Å². The van der Waals surface area contributed by atoms with E-state index in [-0.39, 0.29) is 10.6 Å². The van der Waals surface area contributed by atoms with E-state index in [4.69, 9.17) is 11.6 Å². The molecule has 1 aliphatic rings. The lowest BCUT2D eigenvalue weighted by Gasteiger charge is -2.26. The second-order valence-corrected chi connectivity index (χ2v) is 5.20. The van der Waals surface area contributed by atoms with Crippen molar-refractivity contribution in [3.8, 4) is 0 Å². The third-order valence-electron chi connectivity index (χ3n) is 3.48. The van der Waals surface area contributed by atoms with Crippen LogP contribution in [0.3, 0.4) is 0 Å². The van der Waals surface area contributed by atoms with Crippen LogP contribution in [0.15, 0.2) is 11.0 Å². The highest BCUT2D eigenvalue weighted by atomic mass is 35.5. The van der Waals surface area contributed by atoms with Crippen LogP contribution in [0.4, 0.5) is 5.69 Å². The van der Waals surface area contributed by atoms with Gasteiger partial charge in [-0.05, 0) is 32.9 Å². The number of anilines is 1. The number of rotatable bonds is 5. The normalized spacial score (nSPS) is 16.5. The van der Waals surface area contributed by atoms with Crippen LogP contribution in [-0.2, 0) is 6.54 Å². The molecule has 1 aromatic rings. The van der Waals surface area contributed by atoms with Crippen molar-refractivity contribution >= 4 is 17.3 Å². The van der Waals surface area contributed by atoms with Gasteiger partial charge in [-0.15, -0.1) is 0 Å². The number of aromatic nitrogens is 2. The van der Waals surface area contributed by atoms with E-state index in [1.165, 1.54) is 37.0 Å². The van der Waals surface area contributed by atoms with Gasteiger partial charge in [0.2, 0.25) is 0 Å². The molecule has 1 saturated heterocycles. The molecular weight excluding hydrogens is 264 g/mol. The fraction of sp³-hybridized carbons (Fsp3) is 0.692. The monoisotopic (exact) mass is 284 g/mol. The maximum Gasteiger partial charge on any atom is 0.287 e. The van der Waals surface area contributed by atoms with Gasteiger partial charge < -0.3 is 10.2 Å². The highest BCUT2D eigenvalue weighted by Crippen LogP contribution is 2.15. The first-order valence-corrected chi connectivity index (χ1v) is 7.32. The predicted octanol–water partition coefficient (Wildman–Crippen LogP) is 1.81. The second-order valence-electron chi connectivity index (χ2n) is 4.82. The number of nitrogens with zero attached hydrogens (tertiary/aromatic N) is 3. The molecule has 106 valence electrons. The molecule has 0 bridgehead atoms. The zero-order valence-corrected chi connectivity index (χ0v) is 12.1. The smallest absolute Gasteiger partial charge is 0.287 e. The van der Waals surface area contributed by atoms with Gasteiger partial charge in [0.1, 0.15) is 5.02 Å². The Hall–Kier alpha value is -1.07. The zero-order chi connectivity index (χ0) is 13.7. The van der Waals surface area contributed by atoms with Crippen molar-refractivity contribution in [2.24, 2.45) is 0 Å². The van der Waals surface area contributed by atoms with Crippen molar-refractivity contribution in [1.82, 2.24) is 14.7 Å². The molecule has 0 spiro atoms. The molecule has 2 heterocycles. The molecule has 0 amide bonds. The van der Waals surface area contributed by atoms with E-state index in [1.54, 1.807) is 6.20 Å². The van der Waals surface area contributed by atoms with Crippen molar-refractivity contribution in [2.45, 2.75) is 32.7 Å². The standard InChI is InChI=1S/C13H21ClN4O/c1-2-18-13(19)12(14)11(10-16-18)15-6-9-17-7-4-3-5-8-17/h10,15H,2-9H2,1H3. The van der Waals surface area contributed by atoms with Crippen LogP contribution in [0.25, 0.3) is 0 Å². The van der Waals surface area contributed by atoms with Crippen LogP contribution in [-0.4, -0.2) is 40.9 Å². The van der Waals surface area contributed by atoms with Gasteiger partial charge in [-0.25, -0.2) is 4.68 Å². The lowest BCUT2D eigenvalue weighted by atomic mass is 10.1. The van der Waals surface area contributed by atoms with E-state index < -0.39 is 0 Å². The van der Waals surface area contributed by atoms with Crippen molar-refractivity contribution in [3.05, 3.63) is 21.6 Å². The minimum atomic E-state index is -0.230. The number of hydrogen-bond donors (Lipinski definition) is 1. The van der Waals surface area contributed by atoms with E-state index in [1.807, 2.05) is 6.92 Å². The summed E-state index contributed by atoms with van der Waals surface area (Å²) in [5.74, 6) is 0. The number of nitrogens with one attached hydrogen (secondary N) is 1. The number of aryl methyl sites for hydroxylation is 1. The fourth-order valence-corrected chi connectivity index (χ4v) is 2.56. The molecule has 5 nitrogen and oxygen atoms in total. The van der Waals surface area contributed by atoms with Gasteiger partial charge in [-0.1, -0.05) is 18.0 Å². The number of hydrogen-bond acceptors (Lipinski definition) is 4. The van der Waals surface area contributed by atoms with Crippen molar-refractivity contribution in [3.63, 3.8) is 0 Å². The molecule has 1 aliphatic heterocycles. The summed E-state index contributed by atoms with van der Waals surface area (Å²) in [5, 5.41) is 7.50. The summed E-state index contributed by atoms with van der Waals surface area (Å²) in [4.78, 5) is 14.2. The van der Waals surface area contributed by atoms with Crippen LogP contribution in [0.1, 0.15) is 26.2 Å². The molecule has 1 fully saturated rings. The van der Waals surface area contributed by atoms with Gasteiger partial charge in [-0.3, -0.25) is 4.79 Å². The summed E-state index contributed by atoms with van der Waals surface area (Å²) < 4.78 is 1.36. The fourth-order valence-electron chi connectivity index (χ4n) is 2.35. The summed E-state index contributed by atoms with van der Waals surface area (Å²) in [7, 11) is 0. The molecular formula is C13H21ClN4O. The van der Waals surface area contributed by atoms with Crippen molar-refractivity contribution in [2.75, 3.05) is 31.5 Å². The third-order valence-corrected chi connectivity index (χ3v) is 3.84. The van der Waals surface area contributed by atoms with Gasteiger partial charge in [-0.2, -0.15) is 5.10 Å². The Labute approximate surface area is 118 Å². The average molecular weight is 285 g/mol. The number of piperidine rings is 1. The molecule has 1 aromatic heterocycles. The lowest BCUT2D eigenvalue weighted by Crippen LogP contribution is -2.34. The minimum absolute atomic E-state index is 0.230. The van der Waals surface area contributed by atoms with Crippen molar-refractivity contribution in [1.29, 1.82) is 0 Å². The first-order valence-electron chi connectivity index (χ1n) is 6.94. The maximum absolute atomic E-state index is 11.8. The van der Waals surface area contributed by atoms with Crippen molar-refractivity contribution < 1.29 is 0 Å². The first kappa shape index (κ1) is 14.3. The lowest BCUT2D eigenvalue weighted by molar-refractivity contribution is 0.237. The first-order chi connectivity index (χ1) is 9.22. The Morgan fingerprint density at radius 2 is 2.11 bits per heavy atom. The number of halogens is 1. The van der Waals surface area contributed by atoms with E-state index in [2.05, 4.69) is 15.3 Å². The maximum atomic E-state index is 11.8. The van der Waals surface area contributed by atoms with Gasteiger partial charge in [0.05, 0.1) is 11.9 Å². The zero-order valence-electron chi connectivity index (χ0n) is 11.4. The van der Waals surface area contributed by atoms with Crippen LogP contribution in [0.2, 0.25) is 5.02 Å². The largest absolute Gasteiger partial charge is 0.381 e. The molecule has 1 N–H and O–H groups in total. The van der Waals surface area contributed by atoms with E-state index in [0.29, 0.717) is 12.2 Å². The van der Waals surface area contributed by atoms with Gasteiger partial charge in [0.25, 0.3) is 5.56 Å². The van der Waals surface area contributed by atoms with Crippen LogP contribution in [0.5, 0.6) is 0 Å². The van der Waals surface area contributed by atoms with Crippen LogP contribution in [0, 0.1) is 0 Å². The van der Waals surface area contributed by atoms with E-state index in [9.17, 15) is 4.79 Å². The molecule has 2 rings (SSSR count). The van der Waals surface area contributed by atoms with Gasteiger partial charge in [0, 0.05) is 19.6 Å². The molecule has 0 aromatic carbocycles. The Balaban J connectivity index is 1.89. The molecule has 19 heavy (non-hydrogen) atoms. The molecule has 0 aliphatic carbocycles. The van der Waals surface area contributed by atoms with Crippen LogP contribution >= 0.6 is 11.6 Å². The Morgan fingerprint density at radius 1 is 1.37 bits per heavy atom. The summed E-state index contributed by atoms with van der Waals surface area (Å²) in [6.45, 7) is 6.52.